The van der Waals surface area contributed by atoms with Crippen molar-refractivity contribution in [2.45, 2.75) is 13.5 Å². The zero-order valence-corrected chi connectivity index (χ0v) is 15.7. The summed E-state index contributed by atoms with van der Waals surface area (Å²) >= 11 is 0. The number of aryl methyl sites for hydroxylation is 1. The molecule has 6 nitrogen and oxygen atoms in total. The van der Waals surface area contributed by atoms with Crippen molar-refractivity contribution in [1.29, 1.82) is 0 Å². The molecule has 140 valence electrons. The van der Waals surface area contributed by atoms with E-state index in [-0.39, 0.29) is 5.56 Å². The van der Waals surface area contributed by atoms with Crippen molar-refractivity contribution in [3.8, 4) is 17.0 Å². The van der Waals surface area contributed by atoms with Crippen molar-refractivity contribution in [2.75, 3.05) is 12.4 Å². The molecule has 0 fully saturated rings. The summed E-state index contributed by atoms with van der Waals surface area (Å²) < 4.78 is 6.68. The molecule has 6 heteroatoms. The van der Waals surface area contributed by atoms with Crippen LogP contribution in [0.3, 0.4) is 0 Å². The zero-order chi connectivity index (χ0) is 19.5. The minimum Gasteiger partial charge on any atom is -0.497 e. The van der Waals surface area contributed by atoms with Gasteiger partial charge in [0.1, 0.15) is 11.4 Å². The van der Waals surface area contributed by atoms with E-state index in [1.165, 1.54) is 4.68 Å². The van der Waals surface area contributed by atoms with E-state index >= 15 is 0 Å². The van der Waals surface area contributed by atoms with Gasteiger partial charge in [-0.25, -0.2) is 4.68 Å². The molecule has 1 N–H and O–H groups in total. The molecule has 4 rings (SSSR count). The number of rotatable bonds is 5. The van der Waals surface area contributed by atoms with Crippen LogP contribution in [0.25, 0.3) is 22.2 Å². The van der Waals surface area contributed by atoms with Gasteiger partial charge in [-0.15, -0.1) is 0 Å². The van der Waals surface area contributed by atoms with Crippen LogP contribution in [0.1, 0.15) is 6.92 Å². The Morgan fingerprint density at radius 2 is 1.86 bits per heavy atom. The molecule has 0 spiro atoms. The van der Waals surface area contributed by atoms with Crippen LogP contribution in [0.5, 0.6) is 5.75 Å². The van der Waals surface area contributed by atoms with Crippen LogP contribution in [0.15, 0.2) is 71.7 Å². The Bertz CT molecular complexity index is 1180. The molecule has 0 saturated carbocycles. The van der Waals surface area contributed by atoms with Gasteiger partial charge in [0, 0.05) is 29.4 Å². The highest BCUT2D eigenvalue weighted by atomic mass is 16.5. The molecule has 4 aromatic rings. The van der Waals surface area contributed by atoms with Crippen molar-refractivity contribution in [3.05, 3.63) is 77.2 Å². The third-order valence-corrected chi connectivity index (χ3v) is 4.57. The number of pyridine rings is 1. The lowest BCUT2D eigenvalue weighted by Crippen LogP contribution is -2.24. The predicted molar refractivity (Wildman–Crippen MR) is 111 cm³/mol. The van der Waals surface area contributed by atoms with Gasteiger partial charge in [0.2, 0.25) is 0 Å². The van der Waals surface area contributed by atoms with E-state index in [4.69, 9.17) is 4.74 Å². The summed E-state index contributed by atoms with van der Waals surface area (Å²) in [5.74, 6) is 0.772. The van der Waals surface area contributed by atoms with E-state index < -0.39 is 0 Å². The first-order valence-electron chi connectivity index (χ1n) is 9.07. The Morgan fingerprint density at radius 1 is 1.04 bits per heavy atom. The smallest absolute Gasteiger partial charge is 0.290 e. The molecule has 0 unspecified atom stereocenters. The third kappa shape index (κ3) is 3.32. The van der Waals surface area contributed by atoms with Gasteiger partial charge in [0.25, 0.3) is 5.56 Å². The predicted octanol–water partition coefficient (Wildman–Crippen LogP) is 4.23. The minimum atomic E-state index is -0.166. The van der Waals surface area contributed by atoms with Gasteiger partial charge in [0.05, 0.1) is 18.3 Å². The third-order valence-electron chi connectivity index (χ3n) is 4.57. The van der Waals surface area contributed by atoms with Gasteiger partial charge in [0.15, 0.2) is 0 Å². The number of hydrogen-bond donors (Lipinski definition) is 1. The van der Waals surface area contributed by atoms with Crippen molar-refractivity contribution in [2.24, 2.45) is 0 Å². The van der Waals surface area contributed by atoms with Crippen molar-refractivity contribution >= 4 is 22.3 Å². The molecule has 2 heterocycles. The van der Waals surface area contributed by atoms with Crippen LogP contribution in [0.4, 0.5) is 11.4 Å². The number of aromatic nitrogens is 3. The van der Waals surface area contributed by atoms with Crippen molar-refractivity contribution in [1.82, 2.24) is 14.8 Å². The molecule has 0 aliphatic rings. The molecule has 0 saturated heterocycles. The van der Waals surface area contributed by atoms with E-state index in [1.807, 2.05) is 61.5 Å². The number of hydrogen-bond acceptors (Lipinski definition) is 5. The van der Waals surface area contributed by atoms with Gasteiger partial charge < -0.3 is 10.1 Å². The fourth-order valence-corrected chi connectivity index (χ4v) is 3.11. The number of benzene rings is 2. The number of anilines is 2. The highest BCUT2D eigenvalue weighted by Crippen LogP contribution is 2.26. The van der Waals surface area contributed by atoms with Crippen LogP contribution in [0.2, 0.25) is 0 Å². The van der Waals surface area contributed by atoms with Gasteiger partial charge in [-0.05, 0) is 61.5 Å². The Labute approximate surface area is 162 Å². The first-order chi connectivity index (χ1) is 13.7. The Hall–Kier alpha value is -3.67. The van der Waals surface area contributed by atoms with Crippen molar-refractivity contribution < 1.29 is 4.74 Å². The lowest BCUT2D eigenvalue weighted by atomic mass is 10.1. The summed E-state index contributed by atoms with van der Waals surface area (Å²) in [6.07, 6.45) is 1.75. The van der Waals surface area contributed by atoms with Crippen LogP contribution in [0, 0.1) is 0 Å². The Morgan fingerprint density at radius 3 is 2.61 bits per heavy atom. The summed E-state index contributed by atoms with van der Waals surface area (Å²) in [5.41, 5.74) is 3.63. The number of nitrogens with zero attached hydrogens (tertiary/aromatic N) is 3. The quantitative estimate of drug-likeness (QED) is 0.568. The van der Waals surface area contributed by atoms with Gasteiger partial charge >= 0.3 is 0 Å². The first-order valence-corrected chi connectivity index (χ1v) is 9.07. The summed E-state index contributed by atoms with van der Waals surface area (Å²) in [5, 5.41) is 8.73. The van der Waals surface area contributed by atoms with Crippen LogP contribution >= 0.6 is 0 Å². The average molecular weight is 372 g/mol. The first kappa shape index (κ1) is 17.7. The molecular weight excluding hydrogens is 352 g/mol. The average Bonchev–Trinajstić information content (AvgIpc) is 2.75. The summed E-state index contributed by atoms with van der Waals surface area (Å²) in [4.78, 5) is 17.2. The van der Waals surface area contributed by atoms with Gasteiger partial charge in [-0.1, -0.05) is 6.07 Å². The monoisotopic (exact) mass is 372 g/mol. The van der Waals surface area contributed by atoms with Crippen LogP contribution < -0.4 is 15.6 Å². The largest absolute Gasteiger partial charge is 0.497 e. The maximum absolute atomic E-state index is 12.8. The van der Waals surface area contributed by atoms with Gasteiger partial charge in [-0.3, -0.25) is 9.78 Å². The second kappa shape index (κ2) is 7.52. The van der Waals surface area contributed by atoms with E-state index in [0.29, 0.717) is 17.9 Å². The standard InChI is InChI=1S/C22H20N4O2/c1-3-26-22(27)21(14-20(25-26)15-9-11-16(28-2)12-10-15)24-19-8-4-7-18-17(19)6-5-13-23-18/h4-14,24H,3H2,1-2H3. The van der Waals surface area contributed by atoms with E-state index in [9.17, 15) is 4.79 Å². The highest BCUT2D eigenvalue weighted by molar-refractivity contribution is 5.93. The summed E-state index contributed by atoms with van der Waals surface area (Å²) in [6, 6.07) is 19.1. The Kier molecular flexibility index (Phi) is 4.76. The number of ether oxygens (including phenoxy) is 1. The normalized spacial score (nSPS) is 10.8. The molecule has 2 aromatic heterocycles. The van der Waals surface area contributed by atoms with E-state index in [2.05, 4.69) is 15.4 Å². The molecule has 0 bridgehead atoms. The second-order valence-electron chi connectivity index (χ2n) is 6.29. The summed E-state index contributed by atoms with van der Waals surface area (Å²) in [6.45, 7) is 2.38. The SMILES string of the molecule is CCn1nc(-c2ccc(OC)cc2)cc(Nc2cccc3ncccc23)c1=O. The fourth-order valence-electron chi connectivity index (χ4n) is 3.11. The minimum absolute atomic E-state index is 0.166. The van der Waals surface area contributed by atoms with E-state index in [1.54, 1.807) is 19.4 Å². The second-order valence-corrected chi connectivity index (χ2v) is 6.29. The lowest BCUT2D eigenvalue weighted by Gasteiger charge is -2.13. The van der Waals surface area contributed by atoms with Gasteiger partial charge in [-0.2, -0.15) is 5.10 Å². The molecular formula is C22H20N4O2. The molecule has 28 heavy (non-hydrogen) atoms. The Balaban J connectivity index is 1.80. The molecule has 0 aliphatic carbocycles. The highest BCUT2D eigenvalue weighted by Gasteiger charge is 2.11. The zero-order valence-electron chi connectivity index (χ0n) is 15.7. The van der Waals surface area contributed by atoms with Crippen LogP contribution in [-0.4, -0.2) is 21.9 Å². The van der Waals surface area contributed by atoms with Crippen LogP contribution in [-0.2, 0) is 6.54 Å². The molecule has 0 aliphatic heterocycles. The maximum atomic E-state index is 12.8. The topological polar surface area (TPSA) is 69.0 Å². The molecule has 0 atom stereocenters. The maximum Gasteiger partial charge on any atom is 0.290 e. The summed E-state index contributed by atoms with van der Waals surface area (Å²) in [7, 11) is 1.63. The molecule has 2 aromatic carbocycles. The number of nitrogens with one attached hydrogen (secondary N) is 1. The molecule has 0 radical (unpaired) electrons. The number of fused-ring (bicyclic) bond motifs is 1. The number of methoxy groups -OCH3 is 1. The fraction of sp³-hybridized carbons (Fsp3) is 0.136. The van der Waals surface area contributed by atoms with E-state index in [0.717, 1.165) is 27.9 Å². The lowest BCUT2D eigenvalue weighted by molar-refractivity contribution is 0.415. The van der Waals surface area contributed by atoms with Crippen molar-refractivity contribution in [3.63, 3.8) is 0 Å². The molecule has 0 amide bonds.